The zero-order chi connectivity index (χ0) is 17.5. The van der Waals surface area contributed by atoms with Crippen molar-refractivity contribution < 1.29 is 4.79 Å². The van der Waals surface area contributed by atoms with Crippen LogP contribution in [-0.4, -0.2) is 37.5 Å². The second kappa shape index (κ2) is 8.82. The quantitative estimate of drug-likeness (QED) is 0.840. The molecule has 3 nitrogen and oxygen atoms in total. The van der Waals surface area contributed by atoms with Gasteiger partial charge in [0.15, 0.2) is 0 Å². The predicted octanol–water partition coefficient (Wildman–Crippen LogP) is 3.47. The Labute approximate surface area is 151 Å². The minimum Gasteiger partial charge on any atom is -0.342 e. The van der Waals surface area contributed by atoms with Crippen molar-refractivity contribution in [1.29, 1.82) is 0 Å². The van der Waals surface area contributed by atoms with Gasteiger partial charge in [-0.3, -0.25) is 4.79 Å². The van der Waals surface area contributed by atoms with E-state index in [2.05, 4.69) is 58.7 Å². The first-order chi connectivity index (χ1) is 12.3. The van der Waals surface area contributed by atoms with Gasteiger partial charge in [-0.05, 0) is 49.4 Å². The summed E-state index contributed by atoms with van der Waals surface area (Å²) in [5, 5.41) is 3.23. The molecule has 2 aromatic rings. The summed E-state index contributed by atoms with van der Waals surface area (Å²) >= 11 is 0. The first-order valence-electron chi connectivity index (χ1n) is 9.27. The lowest BCUT2D eigenvalue weighted by Gasteiger charge is -2.22. The van der Waals surface area contributed by atoms with Gasteiger partial charge in [0.2, 0.25) is 5.91 Å². The number of benzene rings is 2. The molecule has 132 valence electrons. The Morgan fingerprint density at radius 1 is 1.12 bits per heavy atom. The molecule has 1 aliphatic heterocycles. The smallest absolute Gasteiger partial charge is 0.223 e. The second-order valence-electron chi connectivity index (χ2n) is 7.05. The van der Waals surface area contributed by atoms with Gasteiger partial charge in [-0.25, -0.2) is 0 Å². The summed E-state index contributed by atoms with van der Waals surface area (Å²) in [6.45, 7) is 2.79. The van der Waals surface area contributed by atoms with E-state index in [0.29, 0.717) is 18.2 Å². The molecule has 1 heterocycles. The predicted molar refractivity (Wildman–Crippen MR) is 103 cm³/mol. The van der Waals surface area contributed by atoms with Crippen LogP contribution in [0.5, 0.6) is 0 Å². The summed E-state index contributed by atoms with van der Waals surface area (Å²) in [7, 11) is 1.98. The zero-order valence-electron chi connectivity index (χ0n) is 15.0. The molecule has 1 aliphatic rings. The topological polar surface area (TPSA) is 32.3 Å². The van der Waals surface area contributed by atoms with E-state index in [1.807, 2.05) is 19.2 Å². The molecular weight excluding hydrogens is 308 g/mol. The third kappa shape index (κ3) is 4.93. The fraction of sp³-hybridized carbons (Fsp3) is 0.409. The lowest BCUT2D eigenvalue weighted by Crippen LogP contribution is -2.31. The molecule has 0 radical (unpaired) electrons. The number of hydrogen-bond donors (Lipinski definition) is 1. The minimum absolute atomic E-state index is 0.236. The first-order valence-corrected chi connectivity index (χ1v) is 9.27. The van der Waals surface area contributed by atoms with E-state index < -0.39 is 0 Å². The molecule has 1 N–H and O–H groups in total. The van der Waals surface area contributed by atoms with Gasteiger partial charge in [-0.15, -0.1) is 0 Å². The summed E-state index contributed by atoms with van der Waals surface area (Å²) in [4.78, 5) is 14.9. The number of amides is 1. The van der Waals surface area contributed by atoms with Gasteiger partial charge in [0, 0.05) is 19.5 Å². The third-order valence-corrected chi connectivity index (χ3v) is 5.15. The number of nitrogens with one attached hydrogen (secondary N) is 1. The van der Waals surface area contributed by atoms with Gasteiger partial charge in [-0.1, -0.05) is 60.7 Å². The maximum Gasteiger partial charge on any atom is 0.223 e. The van der Waals surface area contributed by atoms with Crippen LogP contribution in [0, 0.1) is 5.92 Å². The largest absolute Gasteiger partial charge is 0.342 e. The van der Waals surface area contributed by atoms with Crippen molar-refractivity contribution in [3.63, 3.8) is 0 Å². The van der Waals surface area contributed by atoms with Crippen LogP contribution in [0.3, 0.4) is 0 Å². The van der Waals surface area contributed by atoms with Crippen molar-refractivity contribution >= 4 is 5.91 Å². The van der Waals surface area contributed by atoms with Crippen LogP contribution in [0.25, 0.3) is 0 Å². The van der Waals surface area contributed by atoms with Crippen LogP contribution in [0.15, 0.2) is 60.7 Å². The summed E-state index contributed by atoms with van der Waals surface area (Å²) in [5.41, 5.74) is 2.55. The van der Waals surface area contributed by atoms with Crippen LogP contribution in [-0.2, 0) is 11.2 Å². The van der Waals surface area contributed by atoms with Crippen molar-refractivity contribution in [2.24, 2.45) is 5.92 Å². The fourth-order valence-electron chi connectivity index (χ4n) is 3.79. The highest BCUT2D eigenvalue weighted by Gasteiger charge is 2.27. The molecule has 0 bridgehead atoms. The molecule has 0 aromatic heterocycles. The average Bonchev–Trinajstić information content (AvgIpc) is 3.12. The normalized spacial score (nSPS) is 18.3. The van der Waals surface area contributed by atoms with E-state index in [4.69, 9.17) is 0 Å². The third-order valence-electron chi connectivity index (χ3n) is 5.15. The number of hydrogen-bond acceptors (Lipinski definition) is 2. The van der Waals surface area contributed by atoms with Crippen LogP contribution < -0.4 is 5.32 Å². The lowest BCUT2D eigenvalue weighted by atomic mass is 9.89. The Morgan fingerprint density at radius 2 is 1.80 bits per heavy atom. The molecule has 0 saturated carbocycles. The molecule has 2 atom stereocenters. The van der Waals surface area contributed by atoms with E-state index in [0.717, 1.165) is 32.5 Å². The molecule has 1 amide bonds. The van der Waals surface area contributed by atoms with Crippen LogP contribution in [0.1, 0.15) is 29.9 Å². The minimum atomic E-state index is 0.236. The highest BCUT2D eigenvalue weighted by atomic mass is 16.2. The number of nitrogens with zero attached hydrogens (tertiary/aromatic N) is 1. The molecule has 1 saturated heterocycles. The monoisotopic (exact) mass is 336 g/mol. The van der Waals surface area contributed by atoms with Gasteiger partial charge in [0.25, 0.3) is 0 Å². The van der Waals surface area contributed by atoms with Gasteiger partial charge in [0.1, 0.15) is 0 Å². The van der Waals surface area contributed by atoms with Gasteiger partial charge in [-0.2, -0.15) is 0 Å². The molecule has 2 unspecified atom stereocenters. The molecule has 25 heavy (non-hydrogen) atoms. The summed E-state index contributed by atoms with van der Waals surface area (Å²) < 4.78 is 0. The number of carbonyl (C=O) groups is 1. The van der Waals surface area contributed by atoms with Crippen molar-refractivity contribution in [3.8, 4) is 0 Å². The lowest BCUT2D eigenvalue weighted by molar-refractivity contribution is -0.130. The van der Waals surface area contributed by atoms with E-state index in [-0.39, 0.29) is 5.92 Å². The van der Waals surface area contributed by atoms with Gasteiger partial charge >= 0.3 is 0 Å². The Bertz CT molecular complexity index is 656. The molecule has 0 spiro atoms. The average molecular weight is 336 g/mol. The Morgan fingerprint density at radius 3 is 2.48 bits per heavy atom. The standard InChI is InChI=1S/C22H28N2O/c1-23-16-19-12-13-24(17-19)22(25)15-21(20-10-6-3-7-11-20)14-18-8-4-2-5-9-18/h2-11,19,21,23H,12-17H2,1H3. The van der Waals surface area contributed by atoms with Crippen molar-refractivity contribution in [3.05, 3.63) is 71.8 Å². The number of likely N-dealkylation sites (tertiary alicyclic amines) is 1. The van der Waals surface area contributed by atoms with Crippen molar-refractivity contribution in [1.82, 2.24) is 10.2 Å². The summed E-state index contributed by atoms with van der Waals surface area (Å²) in [5.74, 6) is 1.13. The fourth-order valence-corrected chi connectivity index (χ4v) is 3.79. The van der Waals surface area contributed by atoms with Crippen LogP contribution in [0.2, 0.25) is 0 Å². The SMILES string of the molecule is CNCC1CCN(C(=O)CC(Cc2ccccc2)c2ccccc2)C1. The first kappa shape index (κ1) is 17.7. The molecule has 2 aromatic carbocycles. The Kier molecular flexibility index (Phi) is 6.24. The molecule has 1 fully saturated rings. The number of carbonyl (C=O) groups excluding carboxylic acids is 1. The molecule has 3 heteroatoms. The highest BCUT2D eigenvalue weighted by molar-refractivity contribution is 5.77. The molecule has 0 aliphatic carbocycles. The van der Waals surface area contributed by atoms with E-state index >= 15 is 0 Å². The zero-order valence-corrected chi connectivity index (χ0v) is 15.0. The van der Waals surface area contributed by atoms with Crippen LogP contribution >= 0.6 is 0 Å². The van der Waals surface area contributed by atoms with Crippen molar-refractivity contribution in [2.45, 2.75) is 25.2 Å². The number of rotatable bonds is 7. The maximum absolute atomic E-state index is 12.9. The summed E-state index contributed by atoms with van der Waals surface area (Å²) in [6, 6.07) is 20.9. The Balaban J connectivity index is 1.68. The van der Waals surface area contributed by atoms with Crippen LogP contribution in [0.4, 0.5) is 0 Å². The maximum atomic E-state index is 12.9. The van der Waals surface area contributed by atoms with Gasteiger partial charge in [0.05, 0.1) is 0 Å². The highest BCUT2D eigenvalue weighted by Crippen LogP contribution is 2.27. The molecule has 3 rings (SSSR count). The second-order valence-corrected chi connectivity index (χ2v) is 7.05. The van der Waals surface area contributed by atoms with E-state index in [9.17, 15) is 4.79 Å². The molecular formula is C22H28N2O. The van der Waals surface area contributed by atoms with E-state index in [1.54, 1.807) is 0 Å². The summed E-state index contributed by atoms with van der Waals surface area (Å²) in [6.07, 6.45) is 2.61. The van der Waals surface area contributed by atoms with E-state index in [1.165, 1.54) is 11.1 Å². The van der Waals surface area contributed by atoms with Gasteiger partial charge < -0.3 is 10.2 Å². The Hall–Kier alpha value is -2.13. The van der Waals surface area contributed by atoms with Crippen molar-refractivity contribution in [2.75, 3.05) is 26.7 Å².